The monoisotopic (exact) mass is 323 g/mol. The van der Waals surface area contributed by atoms with Crippen LogP contribution in [0.3, 0.4) is 0 Å². The van der Waals surface area contributed by atoms with E-state index in [0.717, 1.165) is 6.07 Å². The Labute approximate surface area is 129 Å². The Hall–Kier alpha value is -2.83. The van der Waals surface area contributed by atoms with Crippen LogP contribution < -0.4 is 10.5 Å². The number of para-hydroxylation sites is 1. The Morgan fingerprint density at radius 2 is 1.57 bits per heavy atom. The molecule has 0 radical (unpaired) electrons. The van der Waals surface area contributed by atoms with Crippen molar-refractivity contribution in [2.45, 2.75) is 12.8 Å². The maximum atomic E-state index is 12.6. The number of carbonyl (C=O) groups excluding carboxylic acids is 2. The highest BCUT2D eigenvalue weighted by molar-refractivity contribution is 6.05. The highest BCUT2D eigenvalue weighted by atomic mass is 19.4. The number of nitrogens with two attached hydrogens (primary N) is 1. The number of hydrogen-bond acceptors (Lipinski definition) is 3. The number of hydrogen-bond donors (Lipinski definition) is 1. The van der Waals surface area contributed by atoms with Crippen molar-refractivity contribution in [3.8, 4) is 5.75 Å². The topological polar surface area (TPSA) is 69.4 Å². The van der Waals surface area contributed by atoms with Crippen molar-refractivity contribution >= 4 is 11.7 Å². The minimum Gasteiger partial charge on any atom is -0.404 e. The van der Waals surface area contributed by atoms with E-state index in [2.05, 4.69) is 4.74 Å². The van der Waals surface area contributed by atoms with Crippen molar-refractivity contribution in [3.05, 3.63) is 65.2 Å². The molecule has 0 unspecified atom stereocenters. The molecular formula is C16H12F3NO3. The standard InChI is InChI=1S/C16H12F3NO3/c17-16(18,19)23-14-11(7-4-8-12(14)15(20)22)13(21)9-10-5-2-1-3-6-10/h1-8H,9H2,(H2,20,22). The third-order valence-electron chi connectivity index (χ3n) is 3.01. The van der Waals surface area contributed by atoms with Gasteiger partial charge in [-0.15, -0.1) is 13.2 Å². The molecule has 0 spiro atoms. The molecule has 1 amide bonds. The van der Waals surface area contributed by atoms with Crippen molar-refractivity contribution in [1.29, 1.82) is 0 Å². The first kappa shape index (κ1) is 16.5. The normalized spacial score (nSPS) is 11.1. The first-order chi connectivity index (χ1) is 10.8. The summed E-state index contributed by atoms with van der Waals surface area (Å²) in [5, 5.41) is 0. The zero-order valence-corrected chi connectivity index (χ0v) is 11.8. The van der Waals surface area contributed by atoms with Crippen LogP contribution in [0, 0.1) is 0 Å². The van der Waals surface area contributed by atoms with Gasteiger partial charge in [-0.25, -0.2) is 0 Å². The molecule has 23 heavy (non-hydrogen) atoms. The number of alkyl halides is 3. The third kappa shape index (κ3) is 4.32. The summed E-state index contributed by atoms with van der Waals surface area (Å²) >= 11 is 0. The minimum atomic E-state index is -5.05. The predicted molar refractivity (Wildman–Crippen MR) is 76.1 cm³/mol. The number of benzene rings is 2. The molecule has 7 heteroatoms. The van der Waals surface area contributed by atoms with Crippen molar-refractivity contribution in [3.63, 3.8) is 0 Å². The molecule has 0 heterocycles. The fourth-order valence-corrected chi connectivity index (χ4v) is 2.05. The van der Waals surface area contributed by atoms with Gasteiger partial charge in [0.25, 0.3) is 5.91 Å². The van der Waals surface area contributed by atoms with Crippen LogP contribution in [-0.2, 0) is 6.42 Å². The lowest BCUT2D eigenvalue weighted by atomic mass is 9.99. The van der Waals surface area contributed by atoms with Gasteiger partial charge in [0.2, 0.25) is 0 Å². The second-order valence-electron chi connectivity index (χ2n) is 4.68. The smallest absolute Gasteiger partial charge is 0.404 e. The van der Waals surface area contributed by atoms with E-state index in [1.54, 1.807) is 30.3 Å². The van der Waals surface area contributed by atoms with Crippen LogP contribution in [0.25, 0.3) is 0 Å². The zero-order chi connectivity index (χ0) is 17.0. The molecule has 4 nitrogen and oxygen atoms in total. The molecular weight excluding hydrogens is 311 g/mol. The predicted octanol–water partition coefficient (Wildman–Crippen LogP) is 3.11. The maximum absolute atomic E-state index is 12.6. The SMILES string of the molecule is NC(=O)c1cccc(C(=O)Cc2ccccc2)c1OC(F)(F)F. The summed E-state index contributed by atoms with van der Waals surface area (Å²) in [7, 11) is 0. The summed E-state index contributed by atoms with van der Waals surface area (Å²) in [6.45, 7) is 0. The summed E-state index contributed by atoms with van der Waals surface area (Å²) in [6.07, 6.45) is -5.18. The maximum Gasteiger partial charge on any atom is 0.573 e. The number of rotatable bonds is 5. The van der Waals surface area contributed by atoms with Gasteiger partial charge in [-0.3, -0.25) is 9.59 Å². The van der Waals surface area contributed by atoms with Crippen molar-refractivity contribution in [1.82, 2.24) is 0 Å². The third-order valence-corrected chi connectivity index (χ3v) is 3.01. The average Bonchev–Trinajstić information content (AvgIpc) is 2.46. The number of ketones is 1. The second kappa shape index (κ2) is 6.51. The number of halogens is 3. The number of amides is 1. The number of ether oxygens (including phenoxy) is 1. The molecule has 0 aliphatic rings. The van der Waals surface area contributed by atoms with Crippen LogP contribution in [0.4, 0.5) is 13.2 Å². The van der Waals surface area contributed by atoms with Crippen molar-refractivity contribution in [2.75, 3.05) is 0 Å². The molecule has 0 aromatic heterocycles. The molecule has 0 bridgehead atoms. The number of carbonyl (C=O) groups is 2. The van der Waals surface area contributed by atoms with Crippen LogP contribution in [0.1, 0.15) is 26.3 Å². The molecule has 0 fully saturated rings. The molecule has 2 aromatic carbocycles. The van der Waals surface area contributed by atoms with E-state index in [1.807, 2.05) is 0 Å². The van der Waals surface area contributed by atoms with Crippen LogP contribution >= 0.6 is 0 Å². The average molecular weight is 323 g/mol. The Kier molecular flexibility index (Phi) is 4.68. The molecule has 0 atom stereocenters. The number of Topliss-reactive ketones (excluding diaryl/α,β-unsaturated/α-hetero) is 1. The Bertz CT molecular complexity index is 727. The molecule has 2 rings (SSSR count). The van der Waals surface area contributed by atoms with Crippen LogP contribution in [-0.4, -0.2) is 18.1 Å². The van der Waals surface area contributed by atoms with Gasteiger partial charge in [-0.2, -0.15) is 0 Å². The molecule has 2 aromatic rings. The van der Waals surface area contributed by atoms with E-state index in [4.69, 9.17) is 5.73 Å². The lowest BCUT2D eigenvalue weighted by Gasteiger charge is -2.15. The highest BCUT2D eigenvalue weighted by Gasteiger charge is 2.35. The molecule has 120 valence electrons. The summed E-state index contributed by atoms with van der Waals surface area (Å²) in [5.41, 5.74) is 4.84. The Morgan fingerprint density at radius 1 is 0.957 bits per heavy atom. The summed E-state index contributed by atoms with van der Waals surface area (Å²) in [6, 6.07) is 12.0. The van der Waals surface area contributed by atoms with E-state index in [9.17, 15) is 22.8 Å². The quantitative estimate of drug-likeness (QED) is 0.860. The number of primary amides is 1. The Balaban J connectivity index is 2.42. The van der Waals surface area contributed by atoms with Gasteiger partial charge in [0, 0.05) is 6.42 Å². The summed E-state index contributed by atoms with van der Waals surface area (Å²) < 4.78 is 41.6. The van der Waals surface area contributed by atoms with E-state index < -0.39 is 29.4 Å². The van der Waals surface area contributed by atoms with E-state index in [0.29, 0.717) is 5.56 Å². The molecule has 0 aliphatic carbocycles. The van der Waals surface area contributed by atoms with Crippen LogP contribution in [0.5, 0.6) is 5.75 Å². The van der Waals surface area contributed by atoms with Gasteiger partial charge in [0.05, 0.1) is 11.1 Å². The van der Waals surface area contributed by atoms with Crippen molar-refractivity contribution < 1.29 is 27.5 Å². The first-order valence-electron chi connectivity index (χ1n) is 6.53. The van der Waals surface area contributed by atoms with Gasteiger partial charge in [-0.1, -0.05) is 36.4 Å². The zero-order valence-electron chi connectivity index (χ0n) is 11.8. The second-order valence-corrected chi connectivity index (χ2v) is 4.68. The largest absolute Gasteiger partial charge is 0.573 e. The fourth-order valence-electron chi connectivity index (χ4n) is 2.05. The van der Waals surface area contributed by atoms with Gasteiger partial charge in [-0.05, 0) is 17.7 Å². The first-order valence-corrected chi connectivity index (χ1v) is 6.53. The van der Waals surface area contributed by atoms with Gasteiger partial charge in [0.15, 0.2) is 11.5 Å². The van der Waals surface area contributed by atoms with E-state index >= 15 is 0 Å². The minimum absolute atomic E-state index is 0.128. The van der Waals surface area contributed by atoms with Crippen molar-refractivity contribution in [2.24, 2.45) is 5.73 Å². The van der Waals surface area contributed by atoms with Gasteiger partial charge < -0.3 is 10.5 Å². The molecule has 0 saturated carbocycles. The fraction of sp³-hybridized carbons (Fsp3) is 0.125. The summed E-state index contributed by atoms with van der Waals surface area (Å²) in [4.78, 5) is 23.6. The molecule has 0 aliphatic heterocycles. The van der Waals surface area contributed by atoms with Crippen LogP contribution in [0.15, 0.2) is 48.5 Å². The molecule has 2 N–H and O–H groups in total. The Morgan fingerprint density at radius 3 is 2.13 bits per heavy atom. The lowest BCUT2D eigenvalue weighted by Crippen LogP contribution is -2.23. The summed E-state index contributed by atoms with van der Waals surface area (Å²) in [5.74, 6) is -2.59. The van der Waals surface area contributed by atoms with E-state index in [1.165, 1.54) is 12.1 Å². The lowest BCUT2D eigenvalue weighted by molar-refractivity contribution is -0.274. The van der Waals surface area contributed by atoms with Crippen LogP contribution in [0.2, 0.25) is 0 Å². The van der Waals surface area contributed by atoms with E-state index in [-0.39, 0.29) is 12.0 Å². The highest BCUT2D eigenvalue weighted by Crippen LogP contribution is 2.31. The molecule has 0 saturated heterocycles. The van der Waals surface area contributed by atoms with Gasteiger partial charge in [0.1, 0.15) is 0 Å². The van der Waals surface area contributed by atoms with Gasteiger partial charge >= 0.3 is 6.36 Å².